The summed E-state index contributed by atoms with van der Waals surface area (Å²) >= 11 is 2.82. The summed E-state index contributed by atoms with van der Waals surface area (Å²) < 4.78 is 6.99. The molecule has 0 atom stereocenters. The Labute approximate surface area is 207 Å². The third-order valence-electron chi connectivity index (χ3n) is 5.73. The number of hydrogen-bond donors (Lipinski definition) is 1. The molecule has 0 aliphatic heterocycles. The van der Waals surface area contributed by atoms with Crippen LogP contribution >= 0.6 is 23.1 Å². The van der Waals surface area contributed by atoms with Crippen LogP contribution in [0.25, 0.3) is 0 Å². The van der Waals surface area contributed by atoms with E-state index in [1.54, 1.807) is 6.08 Å². The number of carbonyl (C=O) groups excluding carboxylic acids is 2. The summed E-state index contributed by atoms with van der Waals surface area (Å²) in [5.41, 5.74) is 2.78. The van der Waals surface area contributed by atoms with Gasteiger partial charge in [0.15, 0.2) is 5.16 Å². The highest BCUT2D eigenvalue weighted by molar-refractivity contribution is 7.99. The number of nitrogens with zero attached hydrogens (tertiary/aromatic N) is 3. The third kappa shape index (κ3) is 5.59. The first kappa shape index (κ1) is 24.2. The van der Waals surface area contributed by atoms with Crippen LogP contribution in [0.15, 0.2) is 48.1 Å². The molecule has 34 heavy (non-hydrogen) atoms. The van der Waals surface area contributed by atoms with Crippen LogP contribution in [-0.2, 0) is 41.8 Å². The largest absolute Gasteiger partial charge is 0.465 e. The molecular formula is C25H28N4O3S2. The van der Waals surface area contributed by atoms with E-state index in [0.29, 0.717) is 22.3 Å². The lowest BCUT2D eigenvalue weighted by Crippen LogP contribution is -2.17. The van der Waals surface area contributed by atoms with Crippen molar-refractivity contribution in [2.24, 2.45) is 0 Å². The molecule has 2 aromatic heterocycles. The maximum absolute atomic E-state index is 12.8. The number of amides is 1. The number of thiophene rings is 1. The van der Waals surface area contributed by atoms with Crippen LogP contribution in [0.2, 0.25) is 0 Å². The van der Waals surface area contributed by atoms with Crippen molar-refractivity contribution in [1.82, 2.24) is 14.8 Å². The molecule has 0 saturated heterocycles. The lowest BCUT2D eigenvalue weighted by molar-refractivity contribution is -0.113. The number of methoxy groups -OCH3 is 1. The van der Waals surface area contributed by atoms with Crippen molar-refractivity contribution in [3.8, 4) is 0 Å². The molecule has 0 unspecified atom stereocenters. The second-order valence-electron chi connectivity index (χ2n) is 8.03. The van der Waals surface area contributed by atoms with E-state index in [1.165, 1.54) is 40.6 Å². The molecule has 9 heteroatoms. The number of anilines is 1. The number of esters is 1. The molecule has 1 amide bonds. The summed E-state index contributed by atoms with van der Waals surface area (Å²) in [6.07, 6.45) is 7.34. The second-order valence-corrected chi connectivity index (χ2v) is 10.1. The molecule has 7 nitrogen and oxygen atoms in total. The average Bonchev–Trinajstić information content (AvgIpc) is 3.42. The van der Waals surface area contributed by atoms with Crippen molar-refractivity contribution in [3.63, 3.8) is 0 Å². The van der Waals surface area contributed by atoms with Gasteiger partial charge in [-0.15, -0.1) is 28.1 Å². The number of aryl methyl sites for hydroxylation is 3. The first-order valence-electron chi connectivity index (χ1n) is 11.3. The lowest BCUT2D eigenvalue weighted by Gasteiger charge is -2.11. The standard InChI is InChI=1S/C25H28N4O3S2/c1-3-15-29-20(14-13-17-9-5-4-6-10-17)27-28-25(29)33-16-21(30)26-23-22(24(31)32-2)18-11-7-8-12-19(18)34-23/h3-6,9-10H,1,7-8,11-16H2,2H3,(H,26,30). The summed E-state index contributed by atoms with van der Waals surface area (Å²) in [6, 6.07) is 10.3. The van der Waals surface area contributed by atoms with Crippen LogP contribution in [0.4, 0.5) is 5.00 Å². The van der Waals surface area contributed by atoms with Crippen molar-refractivity contribution >= 4 is 40.0 Å². The van der Waals surface area contributed by atoms with Gasteiger partial charge in [-0.1, -0.05) is 48.2 Å². The molecule has 0 radical (unpaired) electrons. The Morgan fingerprint density at radius 1 is 1.21 bits per heavy atom. The third-order valence-corrected chi connectivity index (χ3v) is 7.91. The zero-order valence-electron chi connectivity index (χ0n) is 19.2. The van der Waals surface area contributed by atoms with Gasteiger partial charge >= 0.3 is 5.97 Å². The molecule has 0 saturated carbocycles. The monoisotopic (exact) mass is 496 g/mol. The molecule has 178 valence electrons. The number of rotatable bonds is 10. The van der Waals surface area contributed by atoms with Gasteiger partial charge in [0, 0.05) is 17.8 Å². The molecule has 0 spiro atoms. The fraction of sp³-hybridized carbons (Fsp3) is 0.360. The minimum Gasteiger partial charge on any atom is -0.465 e. The van der Waals surface area contributed by atoms with Gasteiger partial charge in [0.05, 0.1) is 18.4 Å². The van der Waals surface area contributed by atoms with Crippen molar-refractivity contribution in [2.45, 2.75) is 50.2 Å². The number of fused-ring (bicyclic) bond motifs is 1. The molecule has 4 rings (SSSR count). The summed E-state index contributed by atoms with van der Waals surface area (Å²) in [7, 11) is 1.37. The van der Waals surface area contributed by atoms with Gasteiger partial charge < -0.3 is 14.6 Å². The van der Waals surface area contributed by atoms with Crippen molar-refractivity contribution in [3.05, 3.63) is 70.4 Å². The molecule has 0 bridgehead atoms. The Morgan fingerprint density at radius 3 is 2.76 bits per heavy atom. The van der Waals surface area contributed by atoms with E-state index >= 15 is 0 Å². The van der Waals surface area contributed by atoms with Gasteiger partial charge in [-0.25, -0.2) is 4.79 Å². The summed E-state index contributed by atoms with van der Waals surface area (Å²) in [6.45, 7) is 4.42. The number of allylic oxidation sites excluding steroid dienone is 1. The predicted octanol–water partition coefficient (Wildman–Crippen LogP) is 4.71. The Balaban J connectivity index is 1.42. The van der Waals surface area contributed by atoms with Gasteiger partial charge in [-0.3, -0.25) is 4.79 Å². The molecule has 1 aliphatic rings. The van der Waals surface area contributed by atoms with Crippen LogP contribution in [0, 0.1) is 0 Å². The maximum atomic E-state index is 12.8. The minimum atomic E-state index is -0.392. The minimum absolute atomic E-state index is 0.164. The highest BCUT2D eigenvalue weighted by Crippen LogP contribution is 2.38. The fourth-order valence-electron chi connectivity index (χ4n) is 4.09. The Bertz CT molecular complexity index is 1170. The van der Waals surface area contributed by atoms with Gasteiger partial charge in [-0.05, 0) is 43.2 Å². The van der Waals surface area contributed by atoms with Crippen molar-refractivity contribution in [2.75, 3.05) is 18.2 Å². The van der Waals surface area contributed by atoms with Crippen molar-refractivity contribution < 1.29 is 14.3 Å². The predicted molar refractivity (Wildman–Crippen MR) is 136 cm³/mol. The van der Waals surface area contributed by atoms with Crippen LogP contribution in [0.5, 0.6) is 0 Å². The zero-order valence-corrected chi connectivity index (χ0v) is 20.8. The van der Waals surface area contributed by atoms with E-state index in [4.69, 9.17) is 4.74 Å². The summed E-state index contributed by atoms with van der Waals surface area (Å²) in [5.74, 6) is 0.450. The first-order chi connectivity index (χ1) is 16.6. The van der Waals surface area contributed by atoms with Crippen LogP contribution in [-0.4, -0.2) is 39.5 Å². The van der Waals surface area contributed by atoms with Gasteiger partial charge in [0.25, 0.3) is 0 Å². The Kier molecular flexibility index (Phi) is 8.18. The topological polar surface area (TPSA) is 86.1 Å². The summed E-state index contributed by atoms with van der Waals surface area (Å²) in [5, 5.41) is 12.9. The number of thioether (sulfide) groups is 1. The van der Waals surface area contributed by atoms with Gasteiger partial charge in [-0.2, -0.15) is 0 Å². The second kappa shape index (κ2) is 11.5. The van der Waals surface area contributed by atoms with E-state index < -0.39 is 5.97 Å². The van der Waals surface area contributed by atoms with Gasteiger partial charge in [0.2, 0.25) is 5.91 Å². The molecule has 1 N–H and O–H groups in total. The smallest absolute Gasteiger partial charge is 0.341 e. The molecule has 1 aliphatic carbocycles. The molecule has 2 heterocycles. The van der Waals surface area contributed by atoms with E-state index in [2.05, 4.69) is 34.2 Å². The molecule has 1 aromatic carbocycles. The van der Waals surface area contributed by atoms with E-state index in [9.17, 15) is 9.59 Å². The SMILES string of the molecule is C=CCn1c(CCc2ccccc2)nnc1SCC(=O)Nc1sc2c(c1C(=O)OC)CCCC2. The van der Waals surface area contributed by atoms with E-state index in [0.717, 1.165) is 49.9 Å². The summed E-state index contributed by atoms with van der Waals surface area (Å²) in [4.78, 5) is 26.4. The number of ether oxygens (including phenoxy) is 1. The molecular weight excluding hydrogens is 468 g/mol. The fourth-order valence-corrected chi connectivity index (χ4v) is 6.15. The highest BCUT2D eigenvalue weighted by atomic mass is 32.2. The van der Waals surface area contributed by atoms with Crippen LogP contribution < -0.4 is 5.32 Å². The quantitative estimate of drug-likeness (QED) is 0.249. The zero-order chi connectivity index (χ0) is 23.9. The lowest BCUT2D eigenvalue weighted by atomic mass is 9.95. The Morgan fingerprint density at radius 2 is 2.00 bits per heavy atom. The molecule has 0 fully saturated rings. The first-order valence-corrected chi connectivity index (χ1v) is 13.1. The number of nitrogens with one attached hydrogen (secondary N) is 1. The van der Waals surface area contributed by atoms with Crippen LogP contribution in [0.1, 0.15) is 45.0 Å². The average molecular weight is 497 g/mol. The number of benzene rings is 1. The maximum Gasteiger partial charge on any atom is 0.341 e. The number of carbonyl (C=O) groups is 2. The Hall–Kier alpha value is -2.91. The van der Waals surface area contributed by atoms with Crippen molar-refractivity contribution in [1.29, 1.82) is 0 Å². The highest BCUT2D eigenvalue weighted by Gasteiger charge is 2.27. The van der Waals surface area contributed by atoms with E-state index in [1.807, 2.05) is 22.8 Å². The number of hydrogen-bond acceptors (Lipinski definition) is 7. The van der Waals surface area contributed by atoms with Gasteiger partial charge in [0.1, 0.15) is 10.8 Å². The van der Waals surface area contributed by atoms with Crippen LogP contribution in [0.3, 0.4) is 0 Å². The van der Waals surface area contributed by atoms with E-state index in [-0.39, 0.29) is 11.7 Å². The molecule has 3 aromatic rings. The number of aromatic nitrogens is 3. The normalized spacial score (nSPS) is 12.7.